The Kier molecular flexibility index (Phi) is 4.70. The van der Waals surface area contributed by atoms with Gasteiger partial charge in [0, 0.05) is 24.0 Å². The third kappa shape index (κ3) is 2.63. The number of Topliss-reactive ketones (excluding diaryl/α,β-unsaturated/α-hetero) is 1. The highest BCUT2D eigenvalue weighted by Gasteiger charge is 2.21. The maximum Gasteiger partial charge on any atom is 0.303 e. The molecule has 1 aromatic rings. The van der Waals surface area contributed by atoms with Crippen LogP contribution < -0.4 is 0 Å². The maximum atomic E-state index is 11.8. The van der Waals surface area contributed by atoms with Gasteiger partial charge in [0.2, 0.25) is 0 Å². The maximum absolute atomic E-state index is 11.8. The molecule has 0 fully saturated rings. The number of hydrogen-bond acceptors (Lipinski definition) is 2. The summed E-state index contributed by atoms with van der Waals surface area (Å²) in [7, 11) is 1.92. The molecule has 0 aliphatic carbocycles. The molecule has 0 bridgehead atoms. The number of ketones is 1. The van der Waals surface area contributed by atoms with E-state index >= 15 is 0 Å². The van der Waals surface area contributed by atoms with Gasteiger partial charge in [0.15, 0.2) is 5.78 Å². The molecule has 1 N–H and O–H groups in total. The Hall–Kier alpha value is -1.58. The Bertz CT molecular complexity index is 472. The highest BCUT2D eigenvalue weighted by Crippen LogP contribution is 2.25. The highest BCUT2D eigenvalue weighted by molar-refractivity contribution is 5.97. The van der Waals surface area contributed by atoms with E-state index in [2.05, 4.69) is 0 Å². The molecule has 0 unspecified atom stereocenters. The van der Waals surface area contributed by atoms with Crippen molar-refractivity contribution in [2.75, 3.05) is 0 Å². The number of aliphatic carboxylic acids is 1. The Morgan fingerprint density at radius 2 is 1.78 bits per heavy atom. The van der Waals surface area contributed by atoms with Crippen LogP contribution in [0.5, 0.6) is 0 Å². The third-order valence-electron chi connectivity index (χ3n) is 3.36. The fourth-order valence-corrected chi connectivity index (χ4v) is 2.61. The van der Waals surface area contributed by atoms with Crippen LogP contribution >= 0.6 is 0 Å². The van der Waals surface area contributed by atoms with Gasteiger partial charge in [-0.15, -0.1) is 0 Å². The lowest BCUT2D eigenvalue weighted by Crippen LogP contribution is -2.05. The van der Waals surface area contributed by atoms with E-state index in [1.165, 1.54) is 0 Å². The van der Waals surface area contributed by atoms with Gasteiger partial charge in [0.25, 0.3) is 0 Å². The lowest BCUT2D eigenvalue weighted by Gasteiger charge is -2.06. The summed E-state index contributed by atoms with van der Waals surface area (Å²) in [5, 5.41) is 8.80. The quantitative estimate of drug-likeness (QED) is 0.790. The number of rotatable bonds is 6. The van der Waals surface area contributed by atoms with Gasteiger partial charge in [-0.2, -0.15) is 0 Å². The Morgan fingerprint density at radius 3 is 2.17 bits per heavy atom. The van der Waals surface area contributed by atoms with E-state index in [-0.39, 0.29) is 12.2 Å². The SMILES string of the molecule is CCc1c(C(C)=O)c(CC)n(C)c1CCC(=O)O. The second kappa shape index (κ2) is 5.85. The van der Waals surface area contributed by atoms with E-state index in [9.17, 15) is 9.59 Å². The number of carbonyl (C=O) groups is 2. The molecule has 1 aromatic heterocycles. The smallest absolute Gasteiger partial charge is 0.303 e. The summed E-state index contributed by atoms with van der Waals surface area (Å²) in [4.78, 5) is 22.5. The summed E-state index contributed by atoms with van der Waals surface area (Å²) in [6.07, 6.45) is 2.13. The van der Waals surface area contributed by atoms with Crippen LogP contribution in [0.3, 0.4) is 0 Å². The molecule has 0 aliphatic heterocycles. The van der Waals surface area contributed by atoms with Crippen LogP contribution in [0.1, 0.15) is 54.5 Å². The Labute approximate surface area is 108 Å². The van der Waals surface area contributed by atoms with E-state index in [0.29, 0.717) is 6.42 Å². The van der Waals surface area contributed by atoms with Crippen LogP contribution in [0, 0.1) is 0 Å². The van der Waals surface area contributed by atoms with Crippen molar-refractivity contribution in [3.63, 3.8) is 0 Å². The molecule has 4 nitrogen and oxygen atoms in total. The van der Waals surface area contributed by atoms with Gasteiger partial charge < -0.3 is 9.67 Å². The van der Waals surface area contributed by atoms with Crippen molar-refractivity contribution in [2.45, 2.75) is 46.5 Å². The van der Waals surface area contributed by atoms with Crippen molar-refractivity contribution in [3.8, 4) is 0 Å². The van der Waals surface area contributed by atoms with E-state index in [1.807, 2.05) is 25.5 Å². The van der Waals surface area contributed by atoms with Crippen LogP contribution in [0.25, 0.3) is 0 Å². The molecule has 0 aromatic carbocycles. The predicted molar refractivity (Wildman–Crippen MR) is 70.1 cm³/mol. The summed E-state index contributed by atoms with van der Waals surface area (Å²) in [5.74, 6) is -0.735. The third-order valence-corrected chi connectivity index (χ3v) is 3.36. The van der Waals surface area contributed by atoms with Crippen molar-refractivity contribution in [1.82, 2.24) is 4.57 Å². The molecule has 4 heteroatoms. The van der Waals surface area contributed by atoms with Crippen molar-refractivity contribution >= 4 is 11.8 Å². The number of carboxylic acid groups (broad SMARTS) is 1. The van der Waals surface area contributed by atoms with Crippen LogP contribution in [0.15, 0.2) is 0 Å². The minimum atomic E-state index is -0.805. The summed E-state index contributed by atoms with van der Waals surface area (Å²) < 4.78 is 2.00. The van der Waals surface area contributed by atoms with Crippen molar-refractivity contribution < 1.29 is 14.7 Å². The molecular formula is C14H21NO3. The zero-order valence-corrected chi connectivity index (χ0v) is 11.5. The lowest BCUT2D eigenvalue weighted by atomic mass is 10.0. The molecule has 0 atom stereocenters. The van der Waals surface area contributed by atoms with Crippen LogP contribution in [0.4, 0.5) is 0 Å². The van der Waals surface area contributed by atoms with Crippen LogP contribution in [-0.4, -0.2) is 21.4 Å². The fourth-order valence-electron chi connectivity index (χ4n) is 2.61. The van der Waals surface area contributed by atoms with Crippen LogP contribution in [-0.2, 0) is 31.1 Å². The van der Waals surface area contributed by atoms with Crippen molar-refractivity contribution in [3.05, 3.63) is 22.5 Å². The molecule has 1 heterocycles. The number of hydrogen-bond donors (Lipinski definition) is 1. The Morgan fingerprint density at radius 1 is 1.17 bits per heavy atom. The normalized spacial score (nSPS) is 10.7. The molecular weight excluding hydrogens is 230 g/mol. The molecule has 0 radical (unpaired) electrons. The van der Waals surface area contributed by atoms with E-state index in [1.54, 1.807) is 6.92 Å². The fraction of sp³-hybridized carbons (Fsp3) is 0.571. The minimum absolute atomic E-state index is 0.0703. The Balaban J connectivity index is 3.32. The highest BCUT2D eigenvalue weighted by atomic mass is 16.4. The van der Waals surface area contributed by atoms with Gasteiger partial charge in [-0.3, -0.25) is 9.59 Å². The zero-order valence-electron chi connectivity index (χ0n) is 11.5. The molecule has 0 saturated carbocycles. The average molecular weight is 251 g/mol. The van der Waals surface area contributed by atoms with Gasteiger partial charge in [-0.1, -0.05) is 13.8 Å². The van der Waals surface area contributed by atoms with Gasteiger partial charge in [0.05, 0.1) is 6.42 Å². The first-order chi connectivity index (χ1) is 8.43. The lowest BCUT2D eigenvalue weighted by molar-refractivity contribution is -0.136. The van der Waals surface area contributed by atoms with Crippen LogP contribution in [0.2, 0.25) is 0 Å². The van der Waals surface area contributed by atoms with Gasteiger partial charge in [-0.05, 0) is 31.7 Å². The van der Waals surface area contributed by atoms with Gasteiger partial charge in [0.1, 0.15) is 0 Å². The summed E-state index contributed by atoms with van der Waals surface area (Å²) >= 11 is 0. The molecule has 1 rings (SSSR count). The van der Waals surface area contributed by atoms with E-state index in [0.717, 1.165) is 35.4 Å². The second-order valence-corrected chi connectivity index (χ2v) is 4.46. The average Bonchev–Trinajstić information content (AvgIpc) is 2.58. The first-order valence-electron chi connectivity index (χ1n) is 6.35. The molecule has 0 amide bonds. The van der Waals surface area contributed by atoms with E-state index < -0.39 is 5.97 Å². The first kappa shape index (κ1) is 14.5. The number of aromatic nitrogens is 1. The predicted octanol–water partition coefficient (Wildman–Crippen LogP) is 2.37. The standard InChI is InChI=1S/C14H21NO3/c1-5-10-12(7-8-13(17)18)15(4)11(6-2)14(10)9(3)16/h5-8H2,1-4H3,(H,17,18). The monoisotopic (exact) mass is 251 g/mol. The van der Waals surface area contributed by atoms with Gasteiger partial charge >= 0.3 is 5.97 Å². The largest absolute Gasteiger partial charge is 0.481 e. The molecule has 0 saturated heterocycles. The number of carbonyl (C=O) groups excluding carboxylic acids is 1. The molecule has 18 heavy (non-hydrogen) atoms. The molecule has 0 aliphatic rings. The second-order valence-electron chi connectivity index (χ2n) is 4.46. The zero-order chi connectivity index (χ0) is 13.9. The van der Waals surface area contributed by atoms with E-state index in [4.69, 9.17) is 5.11 Å². The first-order valence-corrected chi connectivity index (χ1v) is 6.35. The topological polar surface area (TPSA) is 59.3 Å². The summed E-state index contributed by atoms with van der Waals surface area (Å²) in [6.45, 7) is 5.60. The van der Waals surface area contributed by atoms with Crippen molar-refractivity contribution in [1.29, 1.82) is 0 Å². The minimum Gasteiger partial charge on any atom is -0.481 e. The number of carboxylic acids is 1. The van der Waals surface area contributed by atoms with Crippen molar-refractivity contribution in [2.24, 2.45) is 7.05 Å². The molecule has 0 spiro atoms. The summed E-state index contributed by atoms with van der Waals surface area (Å²) in [5.41, 5.74) is 3.81. The summed E-state index contributed by atoms with van der Waals surface area (Å²) in [6, 6.07) is 0. The van der Waals surface area contributed by atoms with Gasteiger partial charge in [-0.25, -0.2) is 0 Å². The molecule has 100 valence electrons. The number of nitrogens with zero attached hydrogens (tertiary/aromatic N) is 1.